The predicted molar refractivity (Wildman–Crippen MR) is 71.4 cm³/mol. The topological polar surface area (TPSA) is 0 Å². The molecule has 94 valence electrons. The molecule has 0 aromatic heterocycles. The molecular weight excluding hydrogens is 192 g/mol. The molecule has 0 N–H and O–H groups in total. The van der Waals surface area contributed by atoms with E-state index in [1.807, 2.05) is 0 Å². The zero-order chi connectivity index (χ0) is 11.5. The summed E-state index contributed by atoms with van der Waals surface area (Å²) in [6, 6.07) is 0. The third-order valence-electron chi connectivity index (χ3n) is 5.82. The van der Waals surface area contributed by atoms with Gasteiger partial charge in [0.25, 0.3) is 0 Å². The van der Waals surface area contributed by atoms with Gasteiger partial charge in [-0.3, -0.25) is 0 Å². The van der Waals surface area contributed by atoms with Crippen LogP contribution in [0.15, 0.2) is 0 Å². The van der Waals surface area contributed by atoms with Crippen LogP contribution in [0.1, 0.15) is 72.1 Å². The molecule has 2 aliphatic carbocycles. The van der Waals surface area contributed by atoms with Gasteiger partial charge in [0.2, 0.25) is 0 Å². The highest BCUT2D eigenvalue weighted by atomic mass is 14.4. The van der Waals surface area contributed by atoms with Crippen molar-refractivity contribution < 1.29 is 0 Å². The maximum Gasteiger partial charge on any atom is -0.0358 e. The summed E-state index contributed by atoms with van der Waals surface area (Å²) in [6.45, 7) is 7.35. The Bertz CT molecular complexity index is 208. The minimum Gasteiger partial charge on any atom is -0.0651 e. The van der Waals surface area contributed by atoms with E-state index in [9.17, 15) is 0 Å². The Kier molecular flexibility index (Phi) is 4.33. The van der Waals surface area contributed by atoms with Gasteiger partial charge in [-0.15, -0.1) is 0 Å². The van der Waals surface area contributed by atoms with Gasteiger partial charge < -0.3 is 0 Å². The van der Waals surface area contributed by atoms with Gasteiger partial charge in [-0.05, 0) is 48.9 Å². The first-order valence-corrected chi connectivity index (χ1v) is 7.76. The third-order valence-corrected chi connectivity index (χ3v) is 5.82. The quantitative estimate of drug-likeness (QED) is 0.607. The molecule has 16 heavy (non-hydrogen) atoms. The van der Waals surface area contributed by atoms with Crippen molar-refractivity contribution in [1.29, 1.82) is 0 Å². The molecule has 0 saturated heterocycles. The van der Waals surface area contributed by atoms with Crippen LogP contribution in [0.3, 0.4) is 0 Å². The van der Waals surface area contributed by atoms with Crippen LogP contribution in [0.2, 0.25) is 0 Å². The van der Waals surface area contributed by atoms with Gasteiger partial charge in [-0.1, -0.05) is 52.9 Å². The Morgan fingerprint density at radius 3 is 2.44 bits per heavy atom. The normalized spacial score (nSPS) is 41.4. The summed E-state index contributed by atoms with van der Waals surface area (Å²) < 4.78 is 0. The monoisotopic (exact) mass is 222 g/mol. The lowest BCUT2D eigenvalue weighted by atomic mass is 9.76. The molecule has 0 aromatic rings. The van der Waals surface area contributed by atoms with Crippen molar-refractivity contribution in [3.8, 4) is 0 Å². The molecule has 5 atom stereocenters. The van der Waals surface area contributed by atoms with E-state index in [0.717, 1.165) is 29.6 Å². The van der Waals surface area contributed by atoms with Crippen molar-refractivity contribution in [3.63, 3.8) is 0 Å². The van der Waals surface area contributed by atoms with Crippen LogP contribution in [0.4, 0.5) is 0 Å². The standard InChI is InChI=1S/C16H30/c1-4-13-9-10-15(11-13)12(3)16-8-6-7-14(16)5-2/h12-16H,4-11H2,1-3H3. The predicted octanol–water partition coefficient (Wildman–Crippen LogP) is 5.28. The van der Waals surface area contributed by atoms with Gasteiger partial charge in [0, 0.05) is 0 Å². The maximum absolute atomic E-state index is 2.57. The molecule has 2 fully saturated rings. The van der Waals surface area contributed by atoms with Gasteiger partial charge in [0.15, 0.2) is 0 Å². The lowest BCUT2D eigenvalue weighted by Crippen LogP contribution is -2.22. The number of hydrogen-bond donors (Lipinski definition) is 0. The zero-order valence-electron chi connectivity index (χ0n) is 11.5. The summed E-state index contributed by atoms with van der Waals surface area (Å²) in [7, 11) is 0. The van der Waals surface area contributed by atoms with Crippen LogP contribution in [0.5, 0.6) is 0 Å². The van der Waals surface area contributed by atoms with Crippen LogP contribution in [0, 0.1) is 29.6 Å². The SMILES string of the molecule is CCC1CCC(C(C)C2CCCC2CC)C1. The zero-order valence-corrected chi connectivity index (χ0v) is 11.5. The van der Waals surface area contributed by atoms with Crippen molar-refractivity contribution >= 4 is 0 Å². The van der Waals surface area contributed by atoms with E-state index in [2.05, 4.69) is 20.8 Å². The molecule has 0 bridgehead atoms. The first-order chi connectivity index (χ1) is 7.76. The van der Waals surface area contributed by atoms with E-state index < -0.39 is 0 Å². The summed E-state index contributed by atoms with van der Waals surface area (Å²) >= 11 is 0. The molecule has 0 radical (unpaired) electrons. The Hall–Kier alpha value is 0. The van der Waals surface area contributed by atoms with E-state index in [4.69, 9.17) is 0 Å². The number of rotatable bonds is 4. The van der Waals surface area contributed by atoms with Crippen molar-refractivity contribution in [3.05, 3.63) is 0 Å². The lowest BCUT2D eigenvalue weighted by molar-refractivity contribution is 0.195. The van der Waals surface area contributed by atoms with Gasteiger partial charge in [0.05, 0.1) is 0 Å². The van der Waals surface area contributed by atoms with Crippen LogP contribution in [-0.2, 0) is 0 Å². The third kappa shape index (κ3) is 2.46. The van der Waals surface area contributed by atoms with Crippen LogP contribution >= 0.6 is 0 Å². The highest BCUT2D eigenvalue weighted by molar-refractivity contribution is 4.87. The molecular formula is C16H30. The Balaban J connectivity index is 1.89. The molecule has 5 unspecified atom stereocenters. The first kappa shape index (κ1) is 12.5. The maximum atomic E-state index is 2.57. The number of hydrogen-bond acceptors (Lipinski definition) is 0. The van der Waals surface area contributed by atoms with E-state index in [-0.39, 0.29) is 0 Å². The second-order valence-electron chi connectivity index (χ2n) is 6.47. The average molecular weight is 222 g/mol. The highest BCUT2D eigenvalue weighted by Crippen LogP contribution is 2.46. The van der Waals surface area contributed by atoms with E-state index in [1.54, 1.807) is 6.42 Å². The minimum atomic E-state index is 1.02. The fourth-order valence-corrected chi connectivity index (χ4v) is 4.58. The Morgan fingerprint density at radius 2 is 1.81 bits per heavy atom. The molecule has 2 rings (SSSR count). The van der Waals surface area contributed by atoms with Gasteiger partial charge in [-0.2, -0.15) is 0 Å². The van der Waals surface area contributed by atoms with Gasteiger partial charge >= 0.3 is 0 Å². The summed E-state index contributed by atoms with van der Waals surface area (Å²) in [4.78, 5) is 0. The van der Waals surface area contributed by atoms with E-state index in [0.29, 0.717) is 0 Å². The molecule has 2 aliphatic rings. The van der Waals surface area contributed by atoms with Crippen molar-refractivity contribution in [1.82, 2.24) is 0 Å². The molecule has 2 saturated carbocycles. The molecule has 0 aliphatic heterocycles. The Labute approximate surface area is 102 Å². The molecule has 0 spiro atoms. The summed E-state index contributed by atoms with van der Waals surface area (Å²) in [6.07, 6.45) is 12.0. The van der Waals surface area contributed by atoms with Crippen molar-refractivity contribution in [2.24, 2.45) is 29.6 Å². The minimum absolute atomic E-state index is 1.02. The summed E-state index contributed by atoms with van der Waals surface area (Å²) in [5.74, 6) is 5.29. The van der Waals surface area contributed by atoms with Crippen molar-refractivity contribution in [2.75, 3.05) is 0 Å². The van der Waals surface area contributed by atoms with Crippen molar-refractivity contribution in [2.45, 2.75) is 72.1 Å². The molecule has 0 amide bonds. The fourth-order valence-electron chi connectivity index (χ4n) is 4.58. The van der Waals surface area contributed by atoms with Crippen LogP contribution < -0.4 is 0 Å². The lowest BCUT2D eigenvalue weighted by Gasteiger charge is -2.30. The smallest absolute Gasteiger partial charge is 0.0358 e. The van der Waals surface area contributed by atoms with Gasteiger partial charge in [-0.25, -0.2) is 0 Å². The second kappa shape index (κ2) is 5.56. The second-order valence-corrected chi connectivity index (χ2v) is 6.47. The highest BCUT2D eigenvalue weighted by Gasteiger charge is 2.36. The largest absolute Gasteiger partial charge is 0.0651 e. The molecule has 0 nitrogen and oxygen atoms in total. The van der Waals surface area contributed by atoms with E-state index >= 15 is 0 Å². The summed E-state index contributed by atoms with van der Waals surface area (Å²) in [5, 5.41) is 0. The first-order valence-electron chi connectivity index (χ1n) is 7.76. The fraction of sp³-hybridized carbons (Fsp3) is 1.00. The van der Waals surface area contributed by atoms with Gasteiger partial charge in [0.1, 0.15) is 0 Å². The molecule has 0 heterocycles. The summed E-state index contributed by atoms with van der Waals surface area (Å²) in [5.41, 5.74) is 0. The molecule has 0 heteroatoms. The van der Waals surface area contributed by atoms with Crippen LogP contribution in [0.25, 0.3) is 0 Å². The van der Waals surface area contributed by atoms with Crippen LogP contribution in [-0.4, -0.2) is 0 Å². The average Bonchev–Trinajstić information content (AvgIpc) is 2.96. The Morgan fingerprint density at radius 1 is 1.00 bits per heavy atom. The molecule has 0 aromatic carbocycles. The van der Waals surface area contributed by atoms with E-state index in [1.165, 1.54) is 44.9 Å².